The van der Waals surface area contributed by atoms with Crippen LogP contribution in [0.15, 0.2) is 83.8 Å². The van der Waals surface area contributed by atoms with Crippen LogP contribution in [0.25, 0.3) is 0 Å². The van der Waals surface area contributed by atoms with E-state index in [1.54, 1.807) is 6.92 Å². The van der Waals surface area contributed by atoms with Gasteiger partial charge in [-0.05, 0) is 62.7 Å². The van der Waals surface area contributed by atoms with E-state index in [0.717, 1.165) is 11.1 Å². The van der Waals surface area contributed by atoms with E-state index in [4.69, 9.17) is 0 Å². The van der Waals surface area contributed by atoms with Crippen LogP contribution >= 0.6 is 0 Å². The molecule has 35 heavy (non-hydrogen) atoms. The highest BCUT2D eigenvalue weighted by molar-refractivity contribution is 8.00. The van der Waals surface area contributed by atoms with Gasteiger partial charge in [0.2, 0.25) is 0 Å². The van der Waals surface area contributed by atoms with Gasteiger partial charge in [0.25, 0.3) is 0 Å². The van der Waals surface area contributed by atoms with Crippen molar-refractivity contribution in [2.24, 2.45) is 0 Å². The first kappa shape index (κ1) is 26.6. The largest absolute Gasteiger partial charge is 0.374 e. The van der Waals surface area contributed by atoms with Crippen molar-refractivity contribution >= 4 is 31.9 Å². The zero-order valence-electron chi connectivity index (χ0n) is 19.7. The van der Waals surface area contributed by atoms with Crippen molar-refractivity contribution in [3.8, 4) is 0 Å². The number of anilines is 1. The van der Waals surface area contributed by atoms with Gasteiger partial charge in [0, 0.05) is 18.2 Å². The van der Waals surface area contributed by atoms with Gasteiger partial charge in [-0.1, -0.05) is 48.0 Å². The maximum absolute atomic E-state index is 12.8. The molecule has 3 aromatic rings. The average molecular weight is 517 g/mol. The molecule has 0 saturated heterocycles. The molecule has 10 heteroatoms. The van der Waals surface area contributed by atoms with E-state index in [-0.39, 0.29) is 29.0 Å². The number of nitrogens with zero attached hydrogens (tertiary/aromatic N) is 1. The zero-order chi connectivity index (χ0) is 25.6. The van der Waals surface area contributed by atoms with Gasteiger partial charge in [0.1, 0.15) is 0 Å². The monoisotopic (exact) mass is 516 g/mol. The molecule has 186 valence electrons. The Hall–Kier alpha value is -3.05. The number of ketones is 1. The van der Waals surface area contributed by atoms with Crippen molar-refractivity contribution in [1.82, 2.24) is 4.90 Å². The molecule has 0 saturated carbocycles. The molecule has 0 amide bonds. The fraction of sp³-hybridized carbons (Fsp3) is 0.240. The van der Waals surface area contributed by atoms with E-state index >= 15 is 0 Å². The fourth-order valence-corrected chi connectivity index (χ4v) is 5.55. The third-order valence-electron chi connectivity index (χ3n) is 5.24. The number of rotatable bonds is 11. The minimum absolute atomic E-state index is 0.0608. The first-order valence-electron chi connectivity index (χ1n) is 10.9. The van der Waals surface area contributed by atoms with Gasteiger partial charge >= 0.3 is 20.4 Å². The lowest BCUT2D eigenvalue weighted by atomic mass is 10.1. The highest BCUT2D eigenvalue weighted by atomic mass is 32.3. The van der Waals surface area contributed by atoms with E-state index < -0.39 is 20.4 Å². The van der Waals surface area contributed by atoms with Gasteiger partial charge in [-0.15, -0.1) is 3.63 Å². The Labute approximate surface area is 206 Å². The molecule has 3 rings (SSSR count). The van der Waals surface area contributed by atoms with Crippen molar-refractivity contribution in [1.29, 1.82) is 0 Å². The van der Waals surface area contributed by atoms with Crippen molar-refractivity contribution < 1.29 is 25.3 Å². The van der Waals surface area contributed by atoms with Gasteiger partial charge in [-0.2, -0.15) is 16.8 Å². The molecule has 0 fully saturated rings. The molecular weight excluding hydrogens is 488 g/mol. The Kier molecular flexibility index (Phi) is 8.44. The fourth-order valence-electron chi connectivity index (χ4n) is 3.26. The van der Waals surface area contributed by atoms with Crippen LogP contribution in [-0.2, 0) is 30.6 Å². The van der Waals surface area contributed by atoms with Gasteiger partial charge in [-0.3, -0.25) is 14.4 Å². The van der Waals surface area contributed by atoms with Crippen LogP contribution in [0, 0.1) is 6.92 Å². The summed E-state index contributed by atoms with van der Waals surface area (Å²) in [6, 6.07) is 21.3. The summed E-state index contributed by atoms with van der Waals surface area (Å²) < 4.78 is 55.6. The van der Waals surface area contributed by atoms with Gasteiger partial charge in [0.05, 0.1) is 17.1 Å². The minimum Gasteiger partial charge on any atom is -0.293 e. The first-order valence-corrected chi connectivity index (χ1v) is 13.7. The number of nitrogens with one attached hydrogen (secondary N) is 1. The highest BCUT2D eigenvalue weighted by Gasteiger charge is 2.25. The number of carbonyl (C=O) groups excluding carboxylic acids is 1. The Morgan fingerprint density at radius 2 is 1.49 bits per heavy atom. The van der Waals surface area contributed by atoms with Crippen LogP contribution < -0.4 is 4.72 Å². The lowest BCUT2D eigenvalue weighted by Crippen LogP contribution is -2.35. The second-order valence-corrected chi connectivity index (χ2v) is 11.4. The maximum Gasteiger partial charge on any atom is 0.374 e. The summed E-state index contributed by atoms with van der Waals surface area (Å²) >= 11 is 0. The molecular formula is C25H28N2O6S2. The van der Waals surface area contributed by atoms with E-state index in [0.29, 0.717) is 12.1 Å². The predicted octanol–water partition coefficient (Wildman–Crippen LogP) is 4.15. The number of benzene rings is 3. The summed E-state index contributed by atoms with van der Waals surface area (Å²) in [5.74, 6) is -0.123. The predicted molar refractivity (Wildman–Crippen MR) is 135 cm³/mol. The molecule has 0 atom stereocenters. The van der Waals surface area contributed by atoms with Gasteiger partial charge < -0.3 is 0 Å². The summed E-state index contributed by atoms with van der Waals surface area (Å²) in [6.45, 7) is 6.61. The number of Topliss-reactive ketones (excluding diaryl/α,β-unsaturated/α-hetero) is 1. The van der Waals surface area contributed by atoms with E-state index in [1.807, 2.05) is 49.1 Å². The van der Waals surface area contributed by atoms with Crippen LogP contribution in [0.4, 0.5) is 5.69 Å². The minimum atomic E-state index is -4.68. The van der Waals surface area contributed by atoms with E-state index in [2.05, 4.69) is 8.35 Å². The molecule has 1 N–H and O–H groups in total. The topological polar surface area (TPSA) is 110 Å². The number of carbonyl (C=O) groups is 1. The summed E-state index contributed by atoms with van der Waals surface area (Å²) in [4.78, 5) is 14.6. The van der Waals surface area contributed by atoms with Crippen molar-refractivity contribution in [2.75, 3.05) is 11.3 Å². The Balaban J connectivity index is 1.65. The standard InChI is InChI=1S/C25H28N2O6S2/c1-19(2)27(17-21-7-5-4-6-8-21)18-25(28)22-11-13-23(14-12-22)26-35(31,32)33-34(29,30)24-15-9-20(3)10-16-24/h4-16,19,26H,17-18H2,1-3H3. The van der Waals surface area contributed by atoms with Crippen LogP contribution in [-0.4, -0.2) is 40.1 Å². The molecule has 0 spiro atoms. The normalized spacial score (nSPS) is 12.1. The lowest BCUT2D eigenvalue weighted by molar-refractivity contribution is 0.0898. The number of aryl methyl sites for hydroxylation is 1. The van der Waals surface area contributed by atoms with E-state index in [1.165, 1.54) is 48.5 Å². The molecule has 8 nitrogen and oxygen atoms in total. The van der Waals surface area contributed by atoms with Crippen LogP contribution in [0.5, 0.6) is 0 Å². The van der Waals surface area contributed by atoms with Gasteiger partial charge in [-0.25, -0.2) is 0 Å². The molecule has 0 aliphatic rings. The van der Waals surface area contributed by atoms with Gasteiger partial charge in [0.15, 0.2) is 5.78 Å². The summed E-state index contributed by atoms with van der Waals surface area (Å²) in [6.07, 6.45) is 0. The third-order valence-corrected chi connectivity index (χ3v) is 8.01. The molecule has 0 aliphatic heterocycles. The van der Waals surface area contributed by atoms with E-state index in [9.17, 15) is 21.6 Å². The zero-order valence-corrected chi connectivity index (χ0v) is 21.3. The van der Waals surface area contributed by atoms with Crippen LogP contribution in [0.2, 0.25) is 0 Å². The third kappa shape index (κ3) is 7.72. The molecule has 0 unspecified atom stereocenters. The van der Waals surface area contributed by atoms with Crippen LogP contribution in [0.3, 0.4) is 0 Å². The Morgan fingerprint density at radius 1 is 0.886 bits per heavy atom. The molecule has 0 bridgehead atoms. The highest BCUT2D eigenvalue weighted by Crippen LogP contribution is 2.19. The molecule has 0 heterocycles. The summed E-state index contributed by atoms with van der Waals surface area (Å²) in [7, 11) is -9.21. The molecule has 0 aromatic heterocycles. The summed E-state index contributed by atoms with van der Waals surface area (Å²) in [5, 5.41) is 0. The number of hydrogen-bond acceptors (Lipinski definition) is 7. The molecule has 3 aromatic carbocycles. The van der Waals surface area contributed by atoms with Crippen molar-refractivity contribution in [3.05, 3.63) is 95.6 Å². The number of hydrogen-bond donors (Lipinski definition) is 1. The second kappa shape index (κ2) is 11.1. The summed E-state index contributed by atoms with van der Waals surface area (Å²) in [5.41, 5.74) is 2.38. The Morgan fingerprint density at radius 3 is 2.06 bits per heavy atom. The Bertz CT molecular complexity index is 1350. The maximum atomic E-state index is 12.8. The lowest BCUT2D eigenvalue weighted by Gasteiger charge is -2.25. The molecule has 0 radical (unpaired) electrons. The first-order chi connectivity index (χ1) is 16.4. The second-order valence-electron chi connectivity index (χ2n) is 8.38. The smallest absolute Gasteiger partial charge is 0.293 e. The average Bonchev–Trinajstić information content (AvgIpc) is 2.79. The quantitative estimate of drug-likeness (QED) is 0.381. The molecule has 0 aliphatic carbocycles. The SMILES string of the molecule is Cc1ccc(S(=O)(=O)OS(=O)(=O)Nc2ccc(C(=O)CN(Cc3ccccc3)C(C)C)cc2)cc1. The van der Waals surface area contributed by atoms with Crippen LogP contribution in [0.1, 0.15) is 35.3 Å². The van der Waals surface area contributed by atoms with Crippen molar-refractivity contribution in [2.45, 2.75) is 38.3 Å². The van der Waals surface area contributed by atoms with Crippen molar-refractivity contribution in [3.63, 3.8) is 0 Å².